The van der Waals surface area contributed by atoms with Crippen LogP contribution in [0.15, 0.2) is 16.3 Å². The van der Waals surface area contributed by atoms with E-state index in [1.807, 2.05) is 13.0 Å². The number of ether oxygens (including phenoxy) is 2. The van der Waals surface area contributed by atoms with Gasteiger partial charge in [0.15, 0.2) is 0 Å². The number of aryl methyl sites for hydroxylation is 1. The predicted octanol–water partition coefficient (Wildman–Crippen LogP) is 1.93. The summed E-state index contributed by atoms with van der Waals surface area (Å²) >= 11 is 1.34. The van der Waals surface area contributed by atoms with Crippen molar-refractivity contribution in [1.82, 2.24) is 4.72 Å². The number of sulfonamides is 1. The molecule has 3 unspecified atom stereocenters. The van der Waals surface area contributed by atoms with Crippen LogP contribution >= 0.6 is 11.3 Å². The maximum Gasteiger partial charge on any atom is 0.250 e. The lowest BCUT2D eigenvalue weighted by Gasteiger charge is -2.38. The molecule has 2 fully saturated rings. The van der Waals surface area contributed by atoms with Crippen molar-refractivity contribution >= 4 is 21.4 Å². The van der Waals surface area contributed by atoms with Crippen molar-refractivity contribution in [2.75, 3.05) is 13.2 Å². The third kappa shape index (κ3) is 3.48. The van der Waals surface area contributed by atoms with Crippen LogP contribution in [-0.4, -0.2) is 39.9 Å². The molecule has 3 rings (SSSR count). The molecular formula is C14H21NO4S2. The molecule has 1 saturated carbocycles. The van der Waals surface area contributed by atoms with Gasteiger partial charge in [0.25, 0.3) is 0 Å². The Morgan fingerprint density at radius 2 is 2.00 bits per heavy atom. The van der Waals surface area contributed by atoms with Gasteiger partial charge in [-0.3, -0.25) is 0 Å². The van der Waals surface area contributed by atoms with Crippen LogP contribution in [0.2, 0.25) is 0 Å². The largest absolute Gasteiger partial charge is 0.373 e. The van der Waals surface area contributed by atoms with Crippen molar-refractivity contribution in [3.05, 3.63) is 17.0 Å². The monoisotopic (exact) mass is 331 g/mol. The van der Waals surface area contributed by atoms with Crippen molar-refractivity contribution in [1.29, 1.82) is 0 Å². The van der Waals surface area contributed by atoms with Crippen molar-refractivity contribution in [2.45, 2.75) is 55.1 Å². The molecule has 7 heteroatoms. The Bertz CT molecular complexity index is 584. The molecule has 21 heavy (non-hydrogen) atoms. The van der Waals surface area contributed by atoms with Crippen molar-refractivity contribution in [3.8, 4) is 0 Å². The first-order chi connectivity index (χ1) is 10.1. The number of rotatable bonds is 4. The highest BCUT2D eigenvalue weighted by molar-refractivity contribution is 7.91. The summed E-state index contributed by atoms with van der Waals surface area (Å²) in [4.78, 5) is 1.09. The minimum Gasteiger partial charge on any atom is -0.373 e. The molecule has 0 amide bonds. The molecule has 2 aliphatic rings. The van der Waals surface area contributed by atoms with Crippen LogP contribution in [0.5, 0.6) is 0 Å². The van der Waals surface area contributed by atoms with Gasteiger partial charge in [0, 0.05) is 10.9 Å². The van der Waals surface area contributed by atoms with E-state index < -0.39 is 10.0 Å². The Labute approximate surface area is 129 Å². The van der Waals surface area contributed by atoms with Crippen LogP contribution in [-0.2, 0) is 25.9 Å². The molecule has 1 aliphatic carbocycles. The van der Waals surface area contributed by atoms with E-state index in [1.165, 1.54) is 11.3 Å². The fourth-order valence-corrected chi connectivity index (χ4v) is 5.54. The molecule has 1 aromatic rings. The highest BCUT2D eigenvalue weighted by Gasteiger charge is 2.36. The molecule has 1 aliphatic heterocycles. The second-order valence-electron chi connectivity index (χ2n) is 5.52. The van der Waals surface area contributed by atoms with Gasteiger partial charge in [-0.25, -0.2) is 13.1 Å². The zero-order chi connectivity index (χ0) is 14.9. The third-order valence-corrected chi connectivity index (χ3v) is 7.29. The van der Waals surface area contributed by atoms with Crippen LogP contribution in [0, 0.1) is 0 Å². The quantitative estimate of drug-likeness (QED) is 0.915. The van der Waals surface area contributed by atoms with E-state index >= 15 is 0 Å². The number of thiophene rings is 1. The number of fused-ring (bicyclic) bond motifs is 1. The molecule has 1 N–H and O–H groups in total. The van der Waals surface area contributed by atoms with Gasteiger partial charge in [0.05, 0.1) is 25.4 Å². The summed E-state index contributed by atoms with van der Waals surface area (Å²) in [7, 11) is -3.41. The highest BCUT2D eigenvalue weighted by atomic mass is 32.2. The average molecular weight is 331 g/mol. The summed E-state index contributed by atoms with van der Waals surface area (Å²) in [6.07, 6.45) is 3.36. The fraction of sp³-hybridized carbons (Fsp3) is 0.714. The van der Waals surface area contributed by atoms with Crippen LogP contribution < -0.4 is 4.72 Å². The third-order valence-electron chi connectivity index (χ3n) is 4.05. The van der Waals surface area contributed by atoms with E-state index in [1.54, 1.807) is 6.07 Å². The first kappa shape index (κ1) is 15.4. The molecule has 0 aromatic carbocycles. The molecule has 118 valence electrons. The average Bonchev–Trinajstić information content (AvgIpc) is 2.96. The summed E-state index contributed by atoms with van der Waals surface area (Å²) in [5.74, 6) is 0. The Morgan fingerprint density at radius 3 is 2.71 bits per heavy atom. The van der Waals surface area contributed by atoms with E-state index in [0.717, 1.165) is 24.1 Å². The molecule has 2 heterocycles. The van der Waals surface area contributed by atoms with Gasteiger partial charge < -0.3 is 9.47 Å². The minimum absolute atomic E-state index is 0.0229. The van der Waals surface area contributed by atoms with Gasteiger partial charge in [-0.15, -0.1) is 11.3 Å². The highest BCUT2D eigenvalue weighted by Crippen LogP contribution is 2.29. The molecule has 0 bridgehead atoms. The summed E-state index contributed by atoms with van der Waals surface area (Å²) in [6.45, 7) is 3.27. The van der Waals surface area contributed by atoms with Gasteiger partial charge in [-0.05, 0) is 37.8 Å². The lowest BCUT2D eigenvalue weighted by Crippen LogP contribution is -2.49. The zero-order valence-corrected chi connectivity index (χ0v) is 13.7. The van der Waals surface area contributed by atoms with Gasteiger partial charge in [0.2, 0.25) is 10.0 Å². The molecule has 1 saturated heterocycles. The standard InChI is InChI=1S/C14H21NO4S2/c1-2-11-4-6-14(20-11)21(16,17)15-10-3-5-12-13(9-10)19-8-7-18-12/h4,6,10,12-13,15H,2-3,5,7-9H2,1H3. The number of hydrogen-bond acceptors (Lipinski definition) is 5. The zero-order valence-electron chi connectivity index (χ0n) is 12.1. The fourth-order valence-electron chi connectivity index (χ4n) is 2.94. The second kappa shape index (κ2) is 6.34. The predicted molar refractivity (Wildman–Crippen MR) is 81.1 cm³/mol. The molecule has 0 spiro atoms. The van der Waals surface area contributed by atoms with E-state index in [9.17, 15) is 8.42 Å². The van der Waals surface area contributed by atoms with Crippen LogP contribution in [0.1, 0.15) is 31.1 Å². The van der Waals surface area contributed by atoms with Gasteiger partial charge in [-0.1, -0.05) is 6.92 Å². The van der Waals surface area contributed by atoms with Crippen molar-refractivity contribution < 1.29 is 17.9 Å². The first-order valence-corrected chi connectivity index (χ1v) is 9.72. The maximum absolute atomic E-state index is 12.4. The Kier molecular flexibility index (Phi) is 4.66. The molecule has 1 aromatic heterocycles. The second-order valence-corrected chi connectivity index (χ2v) is 8.63. The summed E-state index contributed by atoms with van der Waals surface area (Å²) < 4.78 is 39.4. The maximum atomic E-state index is 12.4. The molecule has 5 nitrogen and oxygen atoms in total. The number of hydrogen-bond donors (Lipinski definition) is 1. The van der Waals surface area contributed by atoms with E-state index in [2.05, 4.69) is 4.72 Å². The summed E-state index contributed by atoms with van der Waals surface area (Å²) in [6, 6.07) is 3.51. The van der Waals surface area contributed by atoms with Gasteiger partial charge in [0.1, 0.15) is 4.21 Å². The van der Waals surface area contributed by atoms with E-state index in [0.29, 0.717) is 23.8 Å². The lowest BCUT2D eigenvalue weighted by atomic mass is 9.90. The van der Waals surface area contributed by atoms with Crippen molar-refractivity contribution in [2.24, 2.45) is 0 Å². The van der Waals surface area contributed by atoms with Crippen LogP contribution in [0.25, 0.3) is 0 Å². The van der Waals surface area contributed by atoms with Gasteiger partial charge >= 0.3 is 0 Å². The van der Waals surface area contributed by atoms with Crippen molar-refractivity contribution in [3.63, 3.8) is 0 Å². The number of nitrogens with one attached hydrogen (secondary N) is 1. The van der Waals surface area contributed by atoms with Gasteiger partial charge in [-0.2, -0.15) is 0 Å². The Morgan fingerprint density at radius 1 is 1.24 bits per heavy atom. The molecular weight excluding hydrogens is 310 g/mol. The first-order valence-electron chi connectivity index (χ1n) is 7.42. The SMILES string of the molecule is CCc1ccc(S(=O)(=O)NC2CCC3OCCOC3C2)s1. The smallest absolute Gasteiger partial charge is 0.250 e. The van der Waals surface area contributed by atoms with E-state index in [-0.39, 0.29) is 18.2 Å². The lowest BCUT2D eigenvalue weighted by molar-refractivity contribution is -0.156. The summed E-state index contributed by atoms with van der Waals surface area (Å²) in [5.41, 5.74) is 0. The van der Waals surface area contributed by atoms with Crippen LogP contribution in [0.4, 0.5) is 0 Å². The Balaban J connectivity index is 1.65. The molecule has 0 radical (unpaired) electrons. The normalized spacial score (nSPS) is 30.0. The van der Waals surface area contributed by atoms with Crippen LogP contribution in [0.3, 0.4) is 0 Å². The summed E-state index contributed by atoms with van der Waals surface area (Å²) in [5, 5.41) is 0. The topological polar surface area (TPSA) is 64.6 Å². The molecule has 3 atom stereocenters. The van der Waals surface area contributed by atoms with E-state index in [4.69, 9.17) is 9.47 Å². The minimum atomic E-state index is -3.41. The Hall–Kier alpha value is -0.470.